The van der Waals surface area contributed by atoms with Crippen molar-refractivity contribution in [1.29, 1.82) is 0 Å². The van der Waals surface area contributed by atoms with Crippen LogP contribution in [0.2, 0.25) is 13.1 Å². The predicted molar refractivity (Wildman–Crippen MR) is 52.2 cm³/mol. The van der Waals surface area contributed by atoms with Crippen LogP contribution in [-0.2, 0) is 0 Å². The van der Waals surface area contributed by atoms with Crippen LogP contribution in [-0.4, -0.2) is 13.7 Å². The molecule has 0 radical (unpaired) electrons. The highest BCUT2D eigenvalue weighted by atomic mass is 28.2. The smallest absolute Gasteiger partial charge is 0.0343 e. The van der Waals surface area contributed by atoms with Crippen molar-refractivity contribution in [2.24, 2.45) is 5.73 Å². The van der Waals surface area contributed by atoms with Gasteiger partial charge in [-0.15, -0.1) is 0 Å². The standard InChI is InChI=1S/C9H13NSi/c1-11(2)9(10)8-6-4-3-5-7-8/h3-7H,10H2,1-2H3. The van der Waals surface area contributed by atoms with Gasteiger partial charge in [0.2, 0.25) is 0 Å². The second kappa shape index (κ2) is 3.48. The quantitative estimate of drug-likeness (QED) is 0.623. The zero-order valence-electron chi connectivity index (χ0n) is 6.96. The van der Waals surface area contributed by atoms with Crippen molar-refractivity contribution in [3.8, 4) is 0 Å². The normalized spacial score (nSPS) is 9.27. The molecule has 0 heterocycles. The zero-order valence-corrected chi connectivity index (χ0v) is 7.96. The summed E-state index contributed by atoms with van der Waals surface area (Å²) in [6.07, 6.45) is 0. The highest BCUT2D eigenvalue weighted by Gasteiger charge is 1.95. The van der Waals surface area contributed by atoms with Gasteiger partial charge in [-0.1, -0.05) is 43.4 Å². The van der Waals surface area contributed by atoms with Gasteiger partial charge in [0.1, 0.15) is 0 Å². The van der Waals surface area contributed by atoms with Gasteiger partial charge < -0.3 is 5.73 Å². The molecule has 1 aromatic rings. The highest BCUT2D eigenvalue weighted by molar-refractivity contribution is 6.70. The van der Waals surface area contributed by atoms with E-state index in [1.165, 1.54) is 5.56 Å². The second-order valence-electron chi connectivity index (χ2n) is 2.78. The fourth-order valence-corrected chi connectivity index (χ4v) is 1.65. The summed E-state index contributed by atoms with van der Waals surface area (Å²) < 4.78 is 0. The Kier molecular flexibility index (Phi) is 2.60. The van der Waals surface area contributed by atoms with Gasteiger partial charge in [0.25, 0.3) is 0 Å². The molecule has 0 amide bonds. The van der Waals surface area contributed by atoms with Gasteiger partial charge in [-0.05, 0) is 5.56 Å². The lowest BCUT2D eigenvalue weighted by atomic mass is 10.2. The first-order chi connectivity index (χ1) is 5.22. The SMILES string of the molecule is C[Si](C)=C(N)c1ccccc1. The third kappa shape index (κ3) is 2.02. The van der Waals surface area contributed by atoms with Crippen LogP contribution in [0.4, 0.5) is 0 Å². The molecule has 0 unspecified atom stereocenters. The molecule has 0 bridgehead atoms. The predicted octanol–water partition coefficient (Wildman–Crippen LogP) is 1.46. The molecule has 0 aliphatic rings. The third-order valence-corrected chi connectivity index (χ3v) is 2.99. The van der Waals surface area contributed by atoms with Gasteiger partial charge >= 0.3 is 0 Å². The Labute approximate surface area is 69.1 Å². The van der Waals surface area contributed by atoms with E-state index >= 15 is 0 Å². The minimum Gasteiger partial charge on any atom is -0.402 e. The van der Waals surface area contributed by atoms with E-state index in [1.54, 1.807) is 0 Å². The number of hydrogen-bond acceptors (Lipinski definition) is 1. The minimum atomic E-state index is -0.470. The van der Waals surface area contributed by atoms with E-state index in [-0.39, 0.29) is 0 Å². The summed E-state index contributed by atoms with van der Waals surface area (Å²) >= 11 is 0. The van der Waals surface area contributed by atoms with Crippen LogP contribution < -0.4 is 5.73 Å². The Morgan fingerprint density at radius 3 is 2.18 bits per heavy atom. The van der Waals surface area contributed by atoms with Gasteiger partial charge in [0, 0.05) is 13.7 Å². The van der Waals surface area contributed by atoms with E-state index in [0.717, 1.165) is 5.29 Å². The van der Waals surface area contributed by atoms with Gasteiger partial charge in [-0.25, -0.2) is 0 Å². The zero-order chi connectivity index (χ0) is 8.27. The van der Waals surface area contributed by atoms with E-state index in [9.17, 15) is 0 Å². The van der Waals surface area contributed by atoms with Crippen LogP contribution in [0.25, 0.3) is 0 Å². The van der Waals surface area contributed by atoms with E-state index in [2.05, 4.69) is 25.2 Å². The van der Waals surface area contributed by atoms with E-state index in [4.69, 9.17) is 5.73 Å². The first kappa shape index (κ1) is 8.21. The molecule has 2 N–H and O–H groups in total. The molecule has 0 saturated carbocycles. The largest absolute Gasteiger partial charge is 0.402 e. The molecule has 0 aliphatic carbocycles. The summed E-state index contributed by atoms with van der Waals surface area (Å²) in [4.78, 5) is 0. The molecule has 58 valence electrons. The first-order valence-electron chi connectivity index (χ1n) is 3.70. The Morgan fingerprint density at radius 1 is 1.18 bits per heavy atom. The first-order valence-corrected chi connectivity index (χ1v) is 6.20. The molecule has 0 aromatic heterocycles. The lowest BCUT2D eigenvalue weighted by Crippen LogP contribution is -2.21. The van der Waals surface area contributed by atoms with Crippen molar-refractivity contribution in [3.63, 3.8) is 0 Å². The molecule has 1 rings (SSSR count). The maximum Gasteiger partial charge on any atom is 0.0343 e. The van der Waals surface area contributed by atoms with Crippen molar-refractivity contribution in [1.82, 2.24) is 0 Å². The Balaban J connectivity index is 3.04. The molecule has 0 fully saturated rings. The monoisotopic (exact) mass is 163 g/mol. The van der Waals surface area contributed by atoms with Crippen LogP contribution in [0.1, 0.15) is 5.56 Å². The van der Waals surface area contributed by atoms with E-state index in [0.29, 0.717) is 0 Å². The lowest BCUT2D eigenvalue weighted by molar-refractivity contribution is 1.62. The molecule has 11 heavy (non-hydrogen) atoms. The number of nitrogens with two attached hydrogens (primary N) is 1. The molecule has 0 atom stereocenters. The summed E-state index contributed by atoms with van der Waals surface area (Å²) in [7, 11) is -0.470. The molecule has 1 nitrogen and oxygen atoms in total. The van der Waals surface area contributed by atoms with Crippen LogP contribution >= 0.6 is 0 Å². The van der Waals surface area contributed by atoms with E-state index in [1.807, 2.05) is 18.2 Å². The topological polar surface area (TPSA) is 26.0 Å². The maximum absolute atomic E-state index is 5.90. The minimum absolute atomic E-state index is 0.470. The van der Waals surface area contributed by atoms with Gasteiger partial charge in [0.15, 0.2) is 0 Å². The molecular formula is C9H13NSi. The van der Waals surface area contributed by atoms with Crippen LogP contribution in [0.15, 0.2) is 30.3 Å². The molecule has 2 heteroatoms. The van der Waals surface area contributed by atoms with Crippen molar-refractivity contribution < 1.29 is 0 Å². The molecular weight excluding hydrogens is 150 g/mol. The third-order valence-electron chi connectivity index (χ3n) is 1.62. The Morgan fingerprint density at radius 2 is 1.73 bits per heavy atom. The second-order valence-corrected chi connectivity index (χ2v) is 5.32. The van der Waals surface area contributed by atoms with Crippen molar-refractivity contribution in [2.75, 3.05) is 0 Å². The van der Waals surface area contributed by atoms with Crippen molar-refractivity contribution in [2.45, 2.75) is 13.1 Å². The maximum atomic E-state index is 5.90. The number of hydrogen-bond donors (Lipinski definition) is 1. The van der Waals surface area contributed by atoms with Gasteiger partial charge in [-0.3, -0.25) is 0 Å². The summed E-state index contributed by atoms with van der Waals surface area (Å²) in [5, 5.41) is 1.07. The highest BCUT2D eigenvalue weighted by Crippen LogP contribution is 1.96. The summed E-state index contributed by atoms with van der Waals surface area (Å²) in [5.41, 5.74) is 7.09. The van der Waals surface area contributed by atoms with Gasteiger partial charge in [0.05, 0.1) is 0 Å². The van der Waals surface area contributed by atoms with Crippen LogP contribution in [0.5, 0.6) is 0 Å². The number of benzene rings is 1. The number of rotatable bonds is 1. The van der Waals surface area contributed by atoms with Crippen molar-refractivity contribution in [3.05, 3.63) is 35.9 Å². The molecule has 0 saturated heterocycles. The van der Waals surface area contributed by atoms with Crippen LogP contribution in [0.3, 0.4) is 0 Å². The van der Waals surface area contributed by atoms with Crippen molar-refractivity contribution >= 4 is 13.7 Å². The summed E-state index contributed by atoms with van der Waals surface area (Å²) in [5.74, 6) is 0. The average Bonchev–Trinajstić information content (AvgIpc) is 2.05. The molecule has 0 aliphatic heterocycles. The Hall–Kier alpha value is -0.893. The molecule has 0 spiro atoms. The fourth-order valence-electron chi connectivity index (χ4n) is 0.906. The van der Waals surface area contributed by atoms with E-state index < -0.39 is 8.41 Å². The van der Waals surface area contributed by atoms with Crippen LogP contribution in [0, 0.1) is 0 Å². The summed E-state index contributed by atoms with van der Waals surface area (Å²) in [6.45, 7) is 4.40. The lowest BCUT2D eigenvalue weighted by Gasteiger charge is -2.02. The summed E-state index contributed by atoms with van der Waals surface area (Å²) in [6, 6.07) is 10.2. The fraction of sp³-hybridized carbons (Fsp3) is 0.222. The Bertz CT molecular complexity index is 260. The van der Waals surface area contributed by atoms with Gasteiger partial charge in [-0.2, -0.15) is 0 Å². The molecule has 1 aromatic carbocycles. The average molecular weight is 163 g/mol.